The molecule has 0 spiro atoms. The van der Waals surface area contributed by atoms with Gasteiger partial charge in [-0.3, -0.25) is 4.79 Å². The van der Waals surface area contributed by atoms with Crippen molar-refractivity contribution in [1.29, 1.82) is 0 Å². The maximum atomic E-state index is 13.0. The molecule has 0 fully saturated rings. The number of benzene rings is 2. The van der Waals surface area contributed by atoms with E-state index in [2.05, 4.69) is 22.4 Å². The highest BCUT2D eigenvalue weighted by Crippen LogP contribution is 2.22. The lowest BCUT2D eigenvalue weighted by Crippen LogP contribution is -2.39. The zero-order valence-corrected chi connectivity index (χ0v) is 19.6. The molecule has 1 aromatic heterocycles. The van der Waals surface area contributed by atoms with Gasteiger partial charge in [0.1, 0.15) is 10.7 Å². The lowest BCUT2D eigenvalue weighted by atomic mass is 10.00. The molecule has 0 bridgehead atoms. The van der Waals surface area contributed by atoms with Crippen LogP contribution in [0.4, 0.5) is 10.5 Å². The number of hydrogen-bond donors (Lipinski definition) is 1. The lowest BCUT2D eigenvalue weighted by Gasteiger charge is -2.28. The average molecular weight is 469 g/mol. The Morgan fingerprint density at radius 3 is 2.59 bits per heavy atom. The number of nitrogens with one attached hydrogen (secondary N) is 1. The van der Waals surface area contributed by atoms with Crippen LogP contribution in [0.3, 0.4) is 0 Å². The summed E-state index contributed by atoms with van der Waals surface area (Å²) in [6, 6.07) is 14.9. The van der Waals surface area contributed by atoms with Crippen LogP contribution < -0.4 is 5.32 Å². The van der Waals surface area contributed by atoms with E-state index in [4.69, 9.17) is 11.6 Å². The summed E-state index contributed by atoms with van der Waals surface area (Å²) in [6.07, 6.45) is 0.852. The fourth-order valence-electron chi connectivity index (χ4n) is 3.68. The van der Waals surface area contributed by atoms with Gasteiger partial charge >= 0.3 is 6.03 Å². The third-order valence-electron chi connectivity index (χ3n) is 5.47. The molecule has 1 N–H and O–H groups in total. The predicted molar refractivity (Wildman–Crippen MR) is 128 cm³/mol. The van der Waals surface area contributed by atoms with Gasteiger partial charge in [-0.1, -0.05) is 35.9 Å². The Kier molecular flexibility index (Phi) is 6.77. The van der Waals surface area contributed by atoms with Crippen molar-refractivity contribution in [2.75, 3.05) is 11.9 Å². The number of halogens is 1. The van der Waals surface area contributed by atoms with E-state index in [-0.39, 0.29) is 18.0 Å². The molecular weight excluding hydrogens is 444 g/mol. The highest BCUT2D eigenvalue weighted by molar-refractivity contribution is 7.09. The van der Waals surface area contributed by atoms with Crippen LogP contribution in [-0.4, -0.2) is 39.3 Å². The first kappa shape index (κ1) is 22.3. The van der Waals surface area contributed by atoms with Crippen molar-refractivity contribution in [3.63, 3.8) is 0 Å². The van der Waals surface area contributed by atoms with E-state index in [1.54, 1.807) is 34.5 Å². The standard InChI is InChI=1S/C24H25ClN4O2S/c1-16(2)29(24(31)26-20-9-7-19(25)8-10-20)14-22-27-21(15-32-22)23(30)28-12-11-17-5-3-4-6-18(17)13-28/h3-10,15-16H,11-14H2,1-2H3,(H,26,31). The third-order valence-corrected chi connectivity index (χ3v) is 6.56. The van der Waals surface area contributed by atoms with Crippen LogP contribution in [-0.2, 0) is 19.5 Å². The molecule has 0 saturated heterocycles. The summed E-state index contributed by atoms with van der Waals surface area (Å²) in [5.41, 5.74) is 3.60. The number of amides is 3. The highest BCUT2D eigenvalue weighted by Gasteiger charge is 2.25. The van der Waals surface area contributed by atoms with E-state index >= 15 is 0 Å². The second kappa shape index (κ2) is 9.71. The van der Waals surface area contributed by atoms with E-state index in [1.165, 1.54) is 22.5 Å². The first-order chi connectivity index (χ1) is 15.4. The number of thiazole rings is 1. The molecule has 1 aliphatic heterocycles. The van der Waals surface area contributed by atoms with Crippen molar-refractivity contribution in [3.8, 4) is 0 Å². The van der Waals surface area contributed by atoms with Crippen molar-refractivity contribution < 1.29 is 9.59 Å². The minimum absolute atomic E-state index is 0.0380. The third kappa shape index (κ3) is 5.11. The second-order valence-corrected chi connectivity index (χ2v) is 9.41. The van der Waals surface area contributed by atoms with Crippen LogP contribution >= 0.6 is 22.9 Å². The predicted octanol–water partition coefficient (Wildman–Crippen LogP) is 5.44. The van der Waals surface area contributed by atoms with Gasteiger partial charge in [-0.25, -0.2) is 9.78 Å². The number of carbonyl (C=O) groups excluding carboxylic acids is 2. The number of anilines is 1. The molecule has 2 aromatic carbocycles. The molecule has 166 valence electrons. The number of rotatable bonds is 5. The van der Waals surface area contributed by atoms with E-state index in [1.807, 2.05) is 30.9 Å². The van der Waals surface area contributed by atoms with Crippen LogP contribution in [0, 0.1) is 0 Å². The van der Waals surface area contributed by atoms with Gasteiger partial charge < -0.3 is 15.1 Å². The fraction of sp³-hybridized carbons (Fsp3) is 0.292. The normalized spacial score (nSPS) is 13.1. The van der Waals surface area contributed by atoms with Crippen LogP contribution in [0.25, 0.3) is 0 Å². The summed E-state index contributed by atoms with van der Waals surface area (Å²) in [4.78, 5) is 33.9. The maximum absolute atomic E-state index is 13.0. The van der Waals surface area contributed by atoms with E-state index in [9.17, 15) is 9.59 Å². The molecule has 2 heterocycles. The second-order valence-electron chi connectivity index (χ2n) is 8.03. The fourth-order valence-corrected chi connectivity index (χ4v) is 4.57. The smallest absolute Gasteiger partial charge is 0.322 e. The summed E-state index contributed by atoms with van der Waals surface area (Å²) in [7, 11) is 0. The first-order valence-corrected chi connectivity index (χ1v) is 11.8. The van der Waals surface area contributed by atoms with Gasteiger partial charge in [-0.05, 0) is 55.7 Å². The topological polar surface area (TPSA) is 65.5 Å². The molecule has 3 aromatic rings. The van der Waals surface area contributed by atoms with Gasteiger partial charge in [0.05, 0.1) is 6.54 Å². The van der Waals surface area contributed by atoms with Gasteiger partial charge in [-0.2, -0.15) is 0 Å². The van der Waals surface area contributed by atoms with Crippen molar-refractivity contribution in [3.05, 3.63) is 80.8 Å². The Bertz CT molecular complexity index is 1110. The van der Waals surface area contributed by atoms with Gasteiger partial charge in [0.15, 0.2) is 0 Å². The molecule has 3 amide bonds. The molecule has 1 aliphatic rings. The van der Waals surface area contributed by atoms with E-state index in [0.29, 0.717) is 36.0 Å². The molecular formula is C24H25ClN4O2S. The Morgan fingerprint density at radius 1 is 1.16 bits per heavy atom. The van der Waals surface area contributed by atoms with Crippen molar-refractivity contribution in [2.24, 2.45) is 0 Å². The minimum Gasteiger partial charge on any atom is -0.333 e. The number of nitrogens with zero attached hydrogens (tertiary/aromatic N) is 3. The van der Waals surface area contributed by atoms with Crippen LogP contribution in [0.1, 0.15) is 40.5 Å². The molecule has 4 rings (SSSR count). The van der Waals surface area contributed by atoms with Gasteiger partial charge in [0.2, 0.25) is 0 Å². The van der Waals surface area contributed by atoms with E-state index < -0.39 is 0 Å². The van der Waals surface area contributed by atoms with Crippen LogP contribution in [0.5, 0.6) is 0 Å². The summed E-state index contributed by atoms with van der Waals surface area (Å²) in [6.45, 7) is 5.52. The van der Waals surface area contributed by atoms with Crippen molar-refractivity contribution in [1.82, 2.24) is 14.8 Å². The van der Waals surface area contributed by atoms with Gasteiger partial charge in [0.25, 0.3) is 5.91 Å². The zero-order chi connectivity index (χ0) is 22.7. The van der Waals surface area contributed by atoms with Gasteiger partial charge in [-0.15, -0.1) is 11.3 Å². The lowest BCUT2D eigenvalue weighted by molar-refractivity contribution is 0.0729. The largest absolute Gasteiger partial charge is 0.333 e. The number of carbonyl (C=O) groups is 2. The molecule has 6 nitrogen and oxygen atoms in total. The van der Waals surface area contributed by atoms with Gasteiger partial charge in [0, 0.05) is 35.2 Å². The average Bonchev–Trinajstić information content (AvgIpc) is 3.26. The van der Waals surface area contributed by atoms with Crippen LogP contribution in [0.2, 0.25) is 5.02 Å². The van der Waals surface area contributed by atoms with Crippen molar-refractivity contribution in [2.45, 2.75) is 39.4 Å². The first-order valence-electron chi connectivity index (χ1n) is 10.5. The summed E-state index contributed by atoms with van der Waals surface area (Å²) >= 11 is 7.32. The summed E-state index contributed by atoms with van der Waals surface area (Å²) < 4.78 is 0. The molecule has 0 unspecified atom stereocenters. The molecule has 8 heteroatoms. The number of aromatic nitrogens is 1. The van der Waals surface area contributed by atoms with E-state index in [0.717, 1.165) is 11.4 Å². The molecule has 0 aliphatic carbocycles. The molecule has 0 atom stereocenters. The molecule has 32 heavy (non-hydrogen) atoms. The Balaban J connectivity index is 1.42. The highest BCUT2D eigenvalue weighted by atomic mass is 35.5. The Morgan fingerprint density at radius 2 is 1.88 bits per heavy atom. The number of urea groups is 1. The monoisotopic (exact) mass is 468 g/mol. The summed E-state index contributed by atoms with van der Waals surface area (Å²) in [5, 5.41) is 6.02. The van der Waals surface area contributed by atoms with Crippen molar-refractivity contribution >= 4 is 40.6 Å². The quantitative estimate of drug-likeness (QED) is 0.542. The Labute approximate surface area is 196 Å². The molecule has 0 saturated carbocycles. The number of hydrogen-bond acceptors (Lipinski definition) is 4. The number of fused-ring (bicyclic) bond motifs is 1. The maximum Gasteiger partial charge on any atom is 0.322 e. The zero-order valence-electron chi connectivity index (χ0n) is 18.0. The minimum atomic E-state index is -0.224. The molecule has 0 radical (unpaired) electrons. The Hall–Kier alpha value is -2.90. The SMILES string of the molecule is CC(C)N(Cc1nc(C(=O)N2CCc3ccccc3C2)cs1)C(=O)Nc1ccc(Cl)cc1. The van der Waals surface area contributed by atoms with Crippen LogP contribution in [0.15, 0.2) is 53.9 Å². The summed E-state index contributed by atoms with van der Waals surface area (Å²) in [5.74, 6) is -0.0660.